The molecule has 0 aromatic heterocycles. The van der Waals surface area contributed by atoms with Gasteiger partial charge in [0.2, 0.25) is 0 Å². The Hall–Kier alpha value is -4.06. The van der Waals surface area contributed by atoms with Crippen LogP contribution in [0.15, 0.2) is 78.5 Å². The van der Waals surface area contributed by atoms with Gasteiger partial charge in [-0.25, -0.2) is 4.90 Å². The highest BCUT2D eigenvalue weighted by molar-refractivity contribution is 6.46. The number of carbonyl (C=O) groups excluding carboxylic acids is 2. The first-order chi connectivity index (χ1) is 15.6. The Morgan fingerprint density at radius 3 is 2.12 bits per heavy atom. The molecular formula is C26H24N2O4. The van der Waals surface area contributed by atoms with Crippen LogP contribution in [0.4, 0.5) is 11.4 Å². The van der Waals surface area contributed by atoms with Gasteiger partial charge in [-0.2, -0.15) is 0 Å². The molecule has 0 radical (unpaired) electrons. The van der Waals surface area contributed by atoms with Crippen LogP contribution in [0.2, 0.25) is 0 Å². The third-order valence-corrected chi connectivity index (χ3v) is 5.42. The van der Waals surface area contributed by atoms with Crippen LogP contribution in [0, 0.1) is 0 Å². The smallest absolute Gasteiger partial charge is 0.282 e. The van der Waals surface area contributed by atoms with E-state index in [-0.39, 0.29) is 11.3 Å². The number of benzene rings is 3. The Morgan fingerprint density at radius 2 is 1.50 bits per heavy atom. The highest BCUT2D eigenvalue weighted by atomic mass is 16.5. The van der Waals surface area contributed by atoms with E-state index in [4.69, 9.17) is 9.47 Å². The summed E-state index contributed by atoms with van der Waals surface area (Å²) in [7, 11) is 3.13. The molecule has 162 valence electrons. The fourth-order valence-electron chi connectivity index (χ4n) is 3.68. The number of imide groups is 1. The summed E-state index contributed by atoms with van der Waals surface area (Å²) >= 11 is 0. The first-order valence-electron chi connectivity index (χ1n) is 10.3. The monoisotopic (exact) mass is 428 g/mol. The maximum absolute atomic E-state index is 13.6. The number of rotatable bonds is 7. The zero-order chi connectivity index (χ0) is 22.7. The fourth-order valence-corrected chi connectivity index (χ4v) is 3.68. The topological polar surface area (TPSA) is 67.9 Å². The Labute approximate surface area is 187 Å². The van der Waals surface area contributed by atoms with Crippen molar-refractivity contribution in [3.8, 4) is 11.5 Å². The second-order valence-corrected chi connectivity index (χ2v) is 7.27. The first kappa shape index (κ1) is 21.2. The largest absolute Gasteiger partial charge is 0.497 e. The molecule has 1 aliphatic heterocycles. The molecule has 0 bridgehead atoms. The molecule has 0 saturated carbocycles. The van der Waals surface area contributed by atoms with Crippen molar-refractivity contribution in [1.29, 1.82) is 0 Å². The normalized spacial score (nSPS) is 13.5. The number of hydrogen-bond donors (Lipinski definition) is 1. The van der Waals surface area contributed by atoms with Crippen LogP contribution in [0.5, 0.6) is 11.5 Å². The average Bonchev–Trinajstić information content (AvgIpc) is 3.08. The van der Waals surface area contributed by atoms with Gasteiger partial charge in [0.05, 0.1) is 25.5 Å². The van der Waals surface area contributed by atoms with Crippen LogP contribution in [-0.4, -0.2) is 26.0 Å². The molecule has 6 heteroatoms. The van der Waals surface area contributed by atoms with Crippen LogP contribution >= 0.6 is 0 Å². The molecular weight excluding hydrogens is 404 g/mol. The van der Waals surface area contributed by atoms with Gasteiger partial charge in [-0.05, 0) is 54.4 Å². The number of anilines is 2. The number of hydrogen-bond acceptors (Lipinski definition) is 5. The standard InChI is InChI=1S/C26H24N2O4/c1-4-17-9-13-19(14-10-17)28-25(29)23(21-7-5-6-8-22(21)32-3)24(26(28)30)27-18-11-15-20(31-2)16-12-18/h5-16,27H,4H2,1-3H3. The highest BCUT2D eigenvalue weighted by Crippen LogP contribution is 2.37. The predicted octanol–water partition coefficient (Wildman–Crippen LogP) is 4.66. The van der Waals surface area contributed by atoms with E-state index in [0.29, 0.717) is 28.4 Å². The summed E-state index contributed by atoms with van der Waals surface area (Å²) in [5, 5.41) is 3.15. The number of ether oxygens (including phenoxy) is 2. The Morgan fingerprint density at radius 1 is 0.812 bits per heavy atom. The summed E-state index contributed by atoms with van der Waals surface area (Å²) in [5.41, 5.74) is 3.33. The molecule has 3 aromatic carbocycles. The summed E-state index contributed by atoms with van der Waals surface area (Å²) in [6, 6.07) is 21.8. The minimum Gasteiger partial charge on any atom is -0.497 e. The maximum atomic E-state index is 13.6. The molecule has 1 N–H and O–H groups in total. The second-order valence-electron chi connectivity index (χ2n) is 7.27. The lowest BCUT2D eigenvalue weighted by atomic mass is 10.0. The molecule has 1 heterocycles. The van der Waals surface area contributed by atoms with E-state index in [1.807, 2.05) is 24.3 Å². The maximum Gasteiger partial charge on any atom is 0.282 e. The summed E-state index contributed by atoms with van der Waals surface area (Å²) in [6.07, 6.45) is 0.872. The second kappa shape index (κ2) is 8.98. The fraction of sp³-hybridized carbons (Fsp3) is 0.154. The number of aryl methyl sites for hydroxylation is 1. The van der Waals surface area contributed by atoms with Crippen molar-refractivity contribution in [2.75, 3.05) is 24.4 Å². The van der Waals surface area contributed by atoms with Crippen molar-refractivity contribution in [2.45, 2.75) is 13.3 Å². The van der Waals surface area contributed by atoms with Gasteiger partial charge in [-0.15, -0.1) is 0 Å². The number of para-hydroxylation sites is 1. The van der Waals surface area contributed by atoms with Crippen molar-refractivity contribution < 1.29 is 19.1 Å². The molecule has 4 rings (SSSR count). The third kappa shape index (κ3) is 3.83. The molecule has 2 amide bonds. The number of amides is 2. The lowest BCUT2D eigenvalue weighted by Crippen LogP contribution is -2.32. The quantitative estimate of drug-likeness (QED) is 0.554. The predicted molar refractivity (Wildman–Crippen MR) is 125 cm³/mol. The Kier molecular flexibility index (Phi) is 5.94. The minimum atomic E-state index is -0.420. The summed E-state index contributed by atoms with van der Waals surface area (Å²) < 4.78 is 10.7. The van der Waals surface area contributed by atoms with Gasteiger partial charge in [0.15, 0.2) is 0 Å². The molecule has 0 saturated heterocycles. The third-order valence-electron chi connectivity index (χ3n) is 5.42. The van der Waals surface area contributed by atoms with Crippen LogP contribution in [-0.2, 0) is 16.0 Å². The minimum absolute atomic E-state index is 0.198. The van der Waals surface area contributed by atoms with Gasteiger partial charge in [-0.3, -0.25) is 9.59 Å². The van der Waals surface area contributed by atoms with E-state index in [1.54, 1.807) is 62.8 Å². The average molecular weight is 428 g/mol. The van der Waals surface area contributed by atoms with Gasteiger partial charge in [-0.1, -0.05) is 37.3 Å². The number of methoxy groups -OCH3 is 2. The summed E-state index contributed by atoms with van der Waals surface area (Å²) in [4.78, 5) is 28.3. The van der Waals surface area contributed by atoms with Crippen molar-refractivity contribution in [3.63, 3.8) is 0 Å². The lowest BCUT2D eigenvalue weighted by Gasteiger charge is -2.16. The Balaban J connectivity index is 1.81. The Bertz CT molecular complexity index is 1180. The van der Waals surface area contributed by atoms with Gasteiger partial charge in [0.25, 0.3) is 11.8 Å². The molecule has 0 atom stereocenters. The van der Waals surface area contributed by atoms with E-state index in [1.165, 1.54) is 4.90 Å². The number of nitrogens with zero attached hydrogens (tertiary/aromatic N) is 1. The molecule has 0 unspecified atom stereocenters. The van der Waals surface area contributed by atoms with Gasteiger partial charge in [0.1, 0.15) is 17.2 Å². The van der Waals surface area contributed by atoms with Gasteiger partial charge in [0, 0.05) is 11.3 Å². The lowest BCUT2D eigenvalue weighted by molar-refractivity contribution is -0.120. The van der Waals surface area contributed by atoms with E-state index < -0.39 is 11.8 Å². The van der Waals surface area contributed by atoms with E-state index >= 15 is 0 Å². The first-order valence-corrected chi connectivity index (χ1v) is 10.3. The van der Waals surface area contributed by atoms with Gasteiger partial charge < -0.3 is 14.8 Å². The van der Waals surface area contributed by atoms with Crippen molar-refractivity contribution in [2.24, 2.45) is 0 Å². The van der Waals surface area contributed by atoms with Gasteiger partial charge >= 0.3 is 0 Å². The molecule has 3 aromatic rings. The molecule has 0 aliphatic carbocycles. The van der Waals surface area contributed by atoms with E-state index in [2.05, 4.69) is 12.2 Å². The van der Waals surface area contributed by atoms with E-state index in [0.717, 1.165) is 12.0 Å². The SMILES string of the molecule is CCc1ccc(N2C(=O)C(Nc3ccc(OC)cc3)=C(c3ccccc3OC)C2=O)cc1. The zero-order valence-electron chi connectivity index (χ0n) is 18.2. The van der Waals surface area contributed by atoms with Crippen LogP contribution in [0.3, 0.4) is 0 Å². The molecule has 0 spiro atoms. The molecule has 32 heavy (non-hydrogen) atoms. The zero-order valence-corrected chi connectivity index (χ0v) is 18.2. The van der Waals surface area contributed by atoms with Crippen LogP contribution in [0.1, 0.15) is 18.1 Å². The van der Waals surface area contributed by atoms with Crippen molar-refractivity contribution in [1.82, 2.24) is 0 Å². The molecule has 0 fully saturated rings. The highest BCUT2D eigenvalue weighted by Gasteiger charge is 2.41. The van der Waals surface area contributed by atoms with Crippen molar-refractivity contribution in [3.05, 3.63) is 89.6 Å². The number of carbonyl (C=O) groups is 2. The van der Waals surface area contributed by atoms with Crippen LogP contribution < -0.4 is 19.7 Å². The molecule has 6 nitrogen and oxygen atoms in total. The summed E-state index contributed by atoms with van der Waals surface area (Å²) in [6.45, 7) is 2.05. The summed E-state index contributed by atoms with van der Waals surface area (Å²) in [5.74, 6) is 0.387. The number of nitrogens with one attached hydrogen (secondary N) is 1. The van der Waals surface area contributed by atoms with Crippen LogP contribution in [0.25, 0.3) is 5.57 Å². The van der Waals surface area contributed by atoms with Crippen molar-refractivity contribution >= 4 is 28.8 Å². The van der Waals surface area contributed by atoms with E-state index in [9.17, 15) is 9.59 Å². The molecule has 1 aliphatic rings.